The summed E-state index contributed by atoms with van der Waals surface area (Å²) in [5.41, 5.74) is 3.62. The van der Waals surface area contributed by atoms with Crippen molar-refractivity contribution in [3.63, 3.8) is 0 Å². The minimum atomic E-state index is 0.837. The first kappa shape index (κ1) is 11.9. The smallest absolute Gasteiger partial charge is 0.195 e. The minimum absolute atomic E-state index is 0.837. The molecule has 0 atom stereocenters. The third-order valence-corrected chi connectivity index (χ3v) is 3.40. The molecule has 17 heavy (non-hydrogen) atoms. The average molecular weight is 245 g/mol. The molecular weight excluding hydrogens is 230 g/mol. The lowest BCUT2D eigenvalue weighted by molar-refractivity contribution is 0.879. The number of thioether (sulfide) groups is 1. The number of hydrogen-bond acceptors (Lipinski definition) is 3. The molecule has 0 aliphatic rings. The predicted molar refractivity (Wildman–Crippen MR) is 71.8 cm³/mol. The van der Waals surface area contributed by atoms with Gasteiger partial charge in [0, 0.05) is 5.75 Å². The van der Waals surface area contributed by atoms with Crippen molar-refractivity contribution < 1.29 is 0 Å². The van der Waals surface area contributed by atoms with Crippen LogP contribution in [0.15, 0.2) is 42.3 Å². The van der Waals surface area contributed by atoms with Gasteiger partial charge in [-0.25, -0.2) is 0 Å². The van der Waals surface area contributed by atoms with E-state index in [4.69, 9.17) is 0 Å². The van der Waals surface area contributed by atoms with E-state index in [1.54, 1.807) is 18.1 Å². The van der Waals surface area contributed by atoms with Gasteiger partial charge in [-0.3, -0.25) is 4.57 Å². The number of aromatic nitrogens is 3. The Balaban J connectivity index is 2.38. The molecule has 0 bridgehead atoms. The van der Waals surface area contributed by atoms with Crippen molar-refractivity contribution in [1.82, 2.24) is 14.8 Å². The zero-order valence-electron chi connectivity index (χ0n) is 10.1. The maximum Gasteiger partial charge on any atom is 0.195 e. The van der Waals surface area contributed by atoms with Crippen LogP contribution < -0.4 is 0 Å². The van der Waals surface area contributed by atoms with Crippen LogP contribution in [0.1, 0.15) is 11.1 Å². The van der Waals surface area contributed by atoms with E-state index in [9.17, 15) is 0 Å². The normalized spacial score (nSPS) is 10.5. The Hall–Kier alpha value is -1.55. The van der Waals surface area contributed by atoms with E-state index < -0.39 is 0 Å². The van der Waals surface area contributed by atoms with Gasteiger partial charge < -0.3 is 0 Å². The molecule has 88 valence electrons. The monoisotopic (exact) mass is 245 g/mol. The molecule has 0 N–H and O–H groups in total. The lowest BCUT2D eigenvalue weighted by Crippen LogP contribution is -1.98. The molecule has 1 heterocycles. The Labute approximate surface area is 106 Å². The molecule has 0 spiro atoms. The highest BCUT2D eigenvalue weighted by molar-refractivity contribution is 7.99. The second-order valence-electron chi connectivity index (χ2n) is 3.87. The van der Waals surface area contributed by atoms with Crippen molar-refractivity contribution in [2.24, 2.45) is 0 Å². The van der Waals surface area contributed by atoms with E-state index in [0.717, 1.165) is 16.6 Å². The van der Waals surface area contributed by atoms with Gasteiger partial charge in [-0.15, -0.1) is 16.8 Å². The van der Waals surface area contributed by atoms with E-state index >= 15 is 0 Å². The van der Waals surface area contributed by atoms with Gasteiger partial charge >= 0.3 is 0 Å². The van der Waals surface area contributed by atoms with Crippen molar-refractivity contribution in [3.8, 4) is 5.69 Å². The highest BCUT2D eigenvalue weighted by Gasteiger charge is 2.08. The molecule has 1 aromatic heterocycles. The summed E-state index contributed by atoms with van der Waals surface area (Å²) in [4.78, 5) is 0. The summed E-state index contributed by atoms with van der Waals surface area (Å²) in [5.74, 6) is 0.837. The van der Waals surface area contributed by atoms with E-state index in [2.05, 4.69) is 48.8 Å². The predicted octanol–water partition coefficient (Wildman–Crippen LogP) is 3.16. The molecule has 2 rings (SSSR count). The number of rotatable bonds is 4. The second-order valence-corrected chi connectivity index (χ2v) is 4.86. The Morgan fingerprint density at radius 3 is 2.94 bits per heavy atom. The molecule has 0 fully saturated rings. The van der Waals surface area contributed by atoms with Crippen LogP contribution in [0.5, 0.6) is 0 Å². The first-order valence-electron chi connectivity index (χ1n) is 5.43. The number of aryl methyl sites for hydroxylation is 2. The third kappa shape index (κ3) is 2.58. The molecule has 0 aliphatic heterocycles. The SMILES string of the molecule is C=CCSc1nncn1-c1ccc(C)cc1C. The lowest BCUT2D eigenvalue weighted by atomic mass is 10.1. The summed E-state index contributed by atoms with van der Waals surface area (Å²) in [6, 6.07) is 6.37. The van der Waals surface area contributed by atoms with Crippen LogP contribution in [0.4, 0.5) is 0 Å². The van der Waals surface area contributed by atoms with Gasteiger partial charge in [-0.1, -0.05) is 35.5 Å². The zero-order chi connectivity index (χ0) is 12.3. The molecule has 0 saturated heterocycles. The fourth-order valence-electron chi connectivity index (χ4n) is 1.70. The van der Waals surface area contributed by atoms with Gasteiger partial charge in [-0.2, -0.15) is 0 Å². The molecule has 1 aromatic carbocycles. The van der Waals surface area contributed by atoms with Crippen LogP contribution in [-0.2, 0) is 0 Å². The third-order valence-electron chi connectivity index (χ3n) is 2.46. The maximum atomic E-state index is 4.12. The van der Waals surface area contributed by atoms with Crippen LogP contribution >= 0.6 is 11.8 Å². The van der Waals surface area contributed by atoms with E-state index in [1.807, 2.05) is 10.6 Å². The van der Waals surface area contributed by atoms with Crippen molar-refractivity contribution >= 4 is 11.8 Å². The van der Waals surface area contributed by atoms with Crippen LogP contribution in [0, 0.1) is 13.8 Å². The molecule has 0 amide bonds. The standard InChI is InChI=1S/C13H15N3S/c1-4-7-17-13-15-14-9-16(13)12-6-5-10(2)8-11(12)3/h4-6,8-9H,1,7H2,2-3H3. The summed E-state index contributed by atoms with van der Waals surface area (Å²) in [5, 5.41) is 8.99. The van der Waals surface area contributed by atoms with Crippen molar-refractivity contribution in [3.05, 3.63) is 48.3 Å². The zero-order valence-corrected chi connectivity index (χ0v) is 10.9. The largest absolute Gasteiger partial charge is 0.276 e. The molecule has 3 nitrogen and oxygen atoms in total. The van der Waals surface area contributed by atoms with Gasteiger partial charge in [0.05, 0.1) is 5.69 Å². The molecule has 0 saturated carbocycles. The fraction of sp³-hybridized carbons (Fsp3) is 0.231. The summed E-state index contributed by atoms with van der Waals surface area (Å²) in [6.07, 6.45) is 3.62. The fourth-order valence-corrected chi connectivity index (χ4v) is 2.35. The van der Waals surface area contributed by atoms with E-state index in [0.29, 0.717) is 0 Å². The molecule has 4 heteroatoms. The Morgan fingerprint density at radius 1 is 1.41 bits per heavy atom. The van der Waals surface area contributed by atoms with Crippen molar-refractivity contribution in [2.45, 2.75) is 19.0 Å². The van der Waals surface area contributed by atoms with Gasteiger partial charge in [-0.05, 0) is 25.5 Å². The Kier molecular flexibility index (Phi) is 3.64. The van der Waals surface area contributed by atoms with Crippen LogP contribution in [0.2, 0.25) is 0 Å². The van der Waals surface area contributed by atoms with Gasteiger partial charge in [0.2, 0.25) is 0 Å². The number of nitrogens with zero attached hydrogens (tertiary/aromatic N) is 3. The van der Waals surface area contributed by atoms with E-state index in [1.165, 1.54) is 11.1 Å². The summed E-state index contributed by atoms with van der Waals surface area (Å²) >= 11 is 1.63. The van der Waals surface area contributed by atoms with Crippen molar-refractivity contribution in [1.29, 1.82) is 0 Å². The number of benzene rings is 1. The highest BCUT2D eigenvalue weighted by atomic mass is 32.2. The Morgan fingerprint density at radius 2 is 2.24 bits per heavy atom. The quantitative estimate of drug-likeness (QED) is 0.612. The maximum absolute atomic E-state index is 4.12. The molecular formula is C13H15N3S. The van der Waals surface area contributed by atoms with E-state index in [-0.39, 0.29) is 0 Å². The van der Waals surface area contributed by atoms with Crippen molar-refractivity contribution in [2.75, 3.05) is 5.75 Å². The molecule has 0 aliphatic carbocycles. The second kappa shape index (κ2) is 5.19. The first-order chi connectivity index (χ1) is 8.22. The molecule has 0 radical (unpaired) electrons. The summed E-state index contributed by atoms with van der Waals surface area (Å²) < 4.78 is 2.02. The van der Waals surface area contributed by atoms with Crippen LogP contribution in [0.3, 0.4) is 0 Å². The lowest BCUT2D eigenvalue weighted by Gasteiger charge is -2.09. The Bertz CT molecular complexity index is 531. The average Bonchev–Trinajstić information content (AvgIpc) is 2.74. The first-order valence-corrected chi connectivity index (χ1v) is 6.42. The molecule has 0 unspecified atom stereocenters. The number of hydrogen-bond donors (Lipinski definition) is 0. The minimum Gasteiger partial charge on any atom is -0.276 e. The topological polar surface area (TPSA) is 30.7 Å². The van der Waals surface area contributed by atoms with Crippen LogP contribution in [-0.4, -0.2) is 20.5 Å². The van der Waals surface area contributed by atoms with Gasteiger partial charge in [0.1, 0.15) is 6.33 Å². The molecule has 2 aromatic rings. The van der Waals surface area contributed by atoms with Gasteiger partial charge in [0.25, 0.3) is 0 Å². The van der Waals surface area contributed by atoms with Gasteiger partial charge in [0.15, 0.2) is 5.16 Å². The van der Waals surface area contributed by atoms with Crippen LogP contribution in [0.25, 0.3) is 5.69 Å². The summed E-state index contributed by atoms with van der Waals surface area (Å²) in [7, 11) is 0. The summed E-state index contributed by atoms with van der Waals surface area (Å²) in [6.45, 7) is 7.91. The highest BCUT2D eigenvalue weighted by Crippen LogP contribution is 2.22.